The summed E-state index contributed by atoms with van der Waals surface area (Å²) in [5.74, 6) is 0. The minimum atomic E-state index is -2.97. The molecule has 1 heterocycles. The number of benzene rings is 3. The second kappa shape index (κ2) is 10.6. The fraction of sp³-hybridized carbons (Fsp3) is 0.148. The highest BCUT2D eigenvalue weighted by Gasteiger charge is 2.26. The first-order chi connectivity index (χ1) is 16.0. The summed E-state index contributed by atoms with van der Waals surface area (Å²) in [4.78, 5) is 13.0. The number of carbonyl (C=O) groups excluding carboxylic acids is 1. The Morgan fingerprint density at radius 2 is 1.52 bits per heavy atom. The molecule has 0 aliphatic rings. The summed E-state index contributed by atoms with van der Waals surface area (Å²) in [6.07, 6.45) is 2.32. The van der Waals surface area contributed by atoms with Crippen LogP contribution in [0, 0.1) is 6.92 Å². The highest BCUT2D eigenvalue weighted by molar-refractivity contribution is 7.76. The van der Waals surface area contributed by atoms with Gasteiger partial charge in [-0.2, -0.15) is 0 Å². The van der Waals surface area contributed by atoms with E-state index >= 15 is 0 Å². The first kappa shape index (κ1) is 23.7. The molecule has 3 aromatic carbocycles. The van der Waals surface area contributed by atoms with Crippen molar-refractivity contribution in [1.82, 2.24) is 5.09 Å². The molecule has 6 heteroatoms. The molecule has 0 unspecified atom stereocenters. The molecule has 168 valence electrons. The number of thiophene rings is 1. The number of halogens is 1. The third kappa shape index (κ3) is 5.54. The van der Waals surface area contributed by atoms with E-state index in [9.17, 15) is 9.36 Å². The molecule has 0 aliphatic heterocycles. The summed E-state index contributed by atoms with van der Waals surface area (Å²) in [7, 11) is -2.97. The van der Waals surface area contributed by atoms with Crippen molar-refractivity contribution in [1.29, 1.82) is 0 Å². The highest BCUT2D eigenvalue weighted by Crippen LogP contribution is 2.38. The molecule has 0 aliphatic carbocycles. The van der Waals surface area contributed by atoms with Crippen LogP contribution in [0.5, 0.6) is 0 Å². The summed E-state index contributed by atoms with van der Waals surface area (Å²) in [6, 6.07) is 27.1. The Morgan fingerprint density at radius 3 is 2.09 bits per heavy atom. The molecule has 0 saturated heterocycles. The third-order valence-corrected chi connectivity index (χ3v) is 9.65. The Hall–Kier alpha value is -2.49. The normalized spacial score (nSPS) is 11.5. The summed E-state index contributed by atoms with van der Waals surface area (Å²) < 4.78 is 14.2. The molecule has 1 aromatic heterocycles. The van der Waals surface area contributed by atoms with Crippen LogP contribution >= 0.6 is 30.2 Å². The minimum Gasteiger partial charge on any atom is -0.297 e. The lowest BCUT2D eigenvalue weighted by Gasteiger charge is -2.21. The Labute approximate surface area is 203 Å². The number of aryl methyl sites for hydroxylation is 1. The average Bonchev–Trinajstić information content (AvgIpc) is 3.20. The molecule has 0 fully saturated rings. The van der Waals surface area contributed by atoms with Crippen molar-refractivity contribution in [2.75, 3.05) is 6.54 Å². The highest BCUT2D eigenvalue weighted by atomic mass is 35.5. The van der Waals surface area contributed by atoms with E-state index in [4.69, 9.17) is 11.6 Å². The van der Waals surface area contributed by atoms with E-state index in [-0.39, 0.29) is 0 Å². The number of aldehydes is 1. The predicted molar refractivity (Wildman–Crippen MR) is 140 cm³/mol. The summed E-state index contributed by atoms with van der Waals surface area (Å²) in [5, 5.41) is 5.66. The van der Waals surface area contributed by atoms with Crippen LogP contribution in [0.2, 0.25) is 5.02 Å². The van der Waals surface area contributed by atoms with E-state index in [1.165, 1.54) is 11.3 Å². The molecule has 33 heavy (non-hydrogen) atoms. The molecule has 0 saturated carbocycles. The third-order valence-electron chi connectivity index (χ3n) is 5.67. The summed E-state index contributed by atoms with van der Waals surface area (Å²) in [5.41, 5.74) is 3.41. The van der Waals surface area contributed by atoms with Crippen LogP contribution in [0.4, 0.5) is 0 Å². The van der Waals surface area contributed by atoms with Crippen LogP contribution < -0.4 is 15.7 Å². The van der Waals surface area contributed by atoms with Gasteiger partial charge in [-0.3, -0.25) is 14.4 Å². The number of hydrogen-bond acceptors (Lipinski definition) is 3. The summed E-state index contributed by atoms with van der Waals surface area (Å²) in [6.45, 7) is 2.59. The fourth-order valence-electron chi connectivity index (χ4n) is 3.94. The molecule has 0 atom stereocenters. The largest absolute Gasteiger partial charge is 0.297 e. The second-order valence-electron chi connectivity index (χ2n) is 7.88. The molecule has 0 spiro atoms. The van der Waals surface area contributed by atoms with Gasteiger partial charge in [-0.05, 0) is 78.9 Å². The maximum absolute atomic E-state index is 14.2. The molecule has 0 bridgehead atoms. The van der Waals surface area contributed by atoms with E-state index < -0.39 is 7.29 Å². The van der Waals surface area contributed by atoms with Gasteiger partial charge in [0.1, 0.15) is 0 Å². The van der Waals surface area contributed by atoms with E-state index in [0.29, 0.717) is 24.4 Å². The molecule has 3 nitrogen and oxygen atoms in total. The number of nitrogens with one attached hydrogen (secondary N) is 1. The lowest BCUT2D eigenvalue weighted by atomic mass is 9.98. The lowest BCUT2D eigenvalue weighted by molar-refractivity contribution is 0.112. The van der Waals surface area contributed by atoms with Crippen LogP contribution in [0.3, 0.4) is 0 Å². The maximum Gasteiger partial charge on any atom is 0.204 e. The topological polar surface area (TPSA) is 46.2 Å². The van der Waals surface area contributed by atoms with Gasteiger partial charge in [0.05, 0.1) is 4.88 Å². The minimum absolute atomic E-state index is 0.553. The Balaban J connectivity index is 1.56. The predicted octanol–water partition coefficient (Wildman–Crippen LogP) is 6.17. The van der Waals surface area contributed by atoms with Crippen molar-refractivity contribution in [2.24, 2.45) is 0 Å². The molecule has 0 amide bonds. The second-order valence-corrected chi connectivity index (χ2v) is 12.2. The average molecular weight is 494 g/mol. The van der Waals surface area contributed by atoms with Crippen molar-refractivity contribution in [3.05, 3.63) is 116 Å². The lowest BCUT2D eigenvalue weighted by Crippen LogP contribution is -2.29. The zero-order valence-corrected chi connectivity index (χ0v) is 20.8. The standard InChI is InChI=1S/C27H25ClNO2PS/c1-20-22(18-27(19-30)33-20)16-23-17-24(28)13-12-21(23)14-15-29-32(31,25-8-4-2-5-9-25)26-10-6-3-7-11-26/h2-13,17-19H,14-16H2,1H3,(H,29,31). The van der Waals surface area contributed by atoms with E-state index in [2.05, 4.69) is 5.09 Å². The Morgan fingerprint density at radius 1 is 0.879 bits per heavy atom. The maximum atomic E-state index is 14.2. The van der Waals surface area contributed by atoms with Crippen LogP contribution in [0.1, 0.15) is 31.2 Å². The summed E-state index contributed by atoms with van der Waals surface area (Å²) >= 11 is 7.82. The first-order valence-electron chi connectivity index (χ1n) is 10.8. The number of carbonyl (C=O) groups is 1. The van der Waals surface area contributed by atoms with Gasteiger partial charge in [-0.25, -0.2) is 0 Å². The number of hydrogen-bond donors (Lipinski definition) is 1. The van der Waals surface area contributed by atoms with Crippen molar-refractivity contribution in [3.8, 4) is 0 Å². The molecule has 1 N–H and O–H groups in total. The van der Waals surface area contributed by atoms with E-state index in [1.54, 1.807) is 0 Å². The quantitative estimate of drug-likeness (QED) is 0.224. The molecule has 4 aromatic rings. The van der Waals surface area contributed by atoms with Crippen molar-refractivity contribution in [2.45, 2.75) is 19.8 Å². The Bertz CT molecular complexity index is 1240. The SMILES string of the molecule is Cc1sc(C=O)cc1Cc1cc(Cl)ccc1CCNP(=O)(c1ccccc1)c1ccccc1. The van der Waals surface area contributed by atoms with Gasteiger partial charge in [0.15, 0.2) is 6.29 Å². The van der Waals surface area contributed by atoms with Gasteiger partial charge in [0.2, 0.25) is 7.29 Å². The van der Waals surface area contributed by atoms with Gasteiger partial charge in [-0.1, -0.05) is 54.1 Å². The van der Waals surface area contributed by atoms with Crippen molar-refractivity contribution in [3.63, 3.8) is 0 Å². The molecular formula is C27H25ClNO2PS. The van der Waals surface area contributed by atoms with Gasteiger partial charge >= 0.3 is 0 Å². The first-order valence-corrected chi connectivity index (χ1v) is 13.7. The van der Waals surface area contributed by atoms with Crippen LogP contribution in [0.25, 0.3) is 0 Å². The van der Waals surface area contributed by atoms with Gasteiger partial charge in [0.25, 0.3) is 0 Å². The van der Waals surface area contributed by atoms with Crippen LogP contribution in [-0.4, -0.2) is 12.8 Å². The molecule has 0 radical (unpaired) electrons. The van der Waals surface area contributed by atoms with Crippen LogP contribution in [-0.2, 0) is 17.4 Å². The van der Waals surface area contributed by atoms with Crippen LogP contribution in [0.15, 0.2) is 84.9 Å². The smallest absolute Gasteiger partial charge is 0.204 e. The van der Waals surface area contributed by atoms with E-state index in [0.717, 1.165) is 43.3 Å². The molecule has 4 rings (SSSR count). The zero-order chi connectivity index (χ0) is 23.3. The van der Waals surface area contributed by atoms with Gasteiger partial charge in [0, 0.05) is 27.1 Å². The van der Waals surface area contributed by atoms with E-state index in [1.807, 2.05) is 91.9 Å². The van der Waals surface area contributed by atoms with Crippen molar-refractivity contribution >= 4 is 47.1 Å². The molecular weight excluding hydrogens is 469 g/mol. The van der Waals surface area contributed by atoms with Gasteiger partial charge in [-0.15, -0.1) is 11.3 Å². The Kier molecular flexibility index (Phi) is 7.62. The fourth-order valence-corrected chi connectivity index (χ4v) is 7.28. The zero-order valence-electron chi connectivity index (χ0n) is 18.3. The van der Waals surface area contributed by atoms with Crippen molar-refractivity contribution < 1.29 is 9.36 Å². The monoisotopic (exact) mass is 493 g/mol. The van der Waals surface area contributed by atoms with Gasteiger partial charge < -0.3 is 0 Å². The number of rotatable bonds is 9.